The number of likely N-dealkylation sites (tertiary alicyclic amines) is 1. The van der Waals surface area contributed by atoms with Gasteiger partial charge in [-0.2, -0.15) is 13.2 Å². The van der Waals surface area contributed by atoms with Crippen LogP contribution in [0.4, 0.5) is 13.2 Å². The lowest BCUT2D eigenvalue weighted by Crippen LogP contribution is -2.61. The molecule has 108 valence electrons. The molecule has 1 saturated carbocycles. The predicted molar refractivity (Wildman–Crippen MR) is 63.5 cm³/mol. The van der Waals surface area contributed by atoms with Gasteiger partial charge >= 0.3 is 6.18 Å². The minimum absolute atomic E-state index is 0.276. The summed E-state index contributed by atoms with van der Waals surface area (Å²) in [5, 5.41) is 0. The monoisotopic (exact) mass is 285 g/mol. The third-order valence-electron chi connectivity index (χ3n) is 4.15. The van der Waals surface area contributed by atoms with E-state index in [4.69, 9.17) is 0 Å². The molecule has 20 heavy (non-hydrogen) atoms. The number of halogens is 3. The lowest BCUT2D eigenvalue weighted by Gasteiger charge is -2.58. The van der Waals surface area contributed by atoms with Crippen LogP contribution in [0.1, 0.15) is 24.2 Å². The molecule has 2 fully saturated rings. The molecule has 1 spiro atoms. The molecule has 1 saturated heterocycles. The standard InChI is InChI=1S/C13H14F3N3O/c14-13(15,16)11-17-4-10(5-18-11)1-9-2-12(3-9)6-19(7-12)8-20/h4-5,8-9H,1-3,6-7H2. The average Bonchev–Trinajstić information content (AvgIpc) is 2.30. The van der Waals surface area contributed by atoms with Gasteiger partial charge < -0.3 is 4.90 Å². The molecule has 1 amide bonds. The van der Waals surface area contributed by atoms with Crippen LogP contribution in [0.2, 0.25) is 0 Å². The maximum Gasteiger partial charge on any atom is 0.451 e. The molecule has 4 nitrogen and oxygen atoms in total. The summed E-state index contributed by atoms with van der Waals surface area (Å²) in [5.41, 5.74) is 1.02. The van der Waals surface area contributed by atoms with Crippen LogP contribution in [0, 0.1) is 11.3 Å². The molecule has 1 aliphatic heterocycles. The van der Waals surface area contributed by atoms with E-state index in [9.17, 15) is 18.0 Å². The van der Waals surface area contributed by atoms with E-state index in [1.165, 1.54) is 12.4 Å². The summed E-state index contributed by atoms with van der Waals surface area (Å²) in [5.74, 6) is -0.629. The third kappa shape index (κ3) is 2.36. The quantitative estimate of drug-likeness (QED) is 0.797. The Morgan fingerprint density at radius 2 is 1.90 bits per heavy atom. The van der Waals surface area contributed by atoms with Gasteiger partial charge in [0.15, 0.2) is 0 Å². The number of hydrogen-bond acceptors (Lipinski definition) is 3. The van der Waals surface area contributed by atoms with Gasteiger partial charge in [0.1, 0.15) is 0 Å². The first-order chi connectivity index (χ1) is 9.40. The highest BCUT2D eigenvalue weighted by Gasteiger charge is 2.51. The van der Waals surface area contributed by atoms with Crippen molar-refractivity contribution in [3.63, 3.8) is 0 Å². The van der Waals surface area contributed by atoms with Crippen LogP contribution in [-0.2, 0) is 17.4 Å². The Hall–Kier alpha value is -1.66. The number of alkyl halides is 3. The van der Waals surface area contributed by atoms with Crippen molar-refractivity contribution in [2.24, 2.45) is 11.3 Å². The average molecular weight is 285 g/mol. The molecule has 1 aromatic heterocycles. The molecule has 0 atom stereocenters. The van der Waals surface area contributed by atoms with Crippen LogP contribution in [-0.4, -0.2) is 34.4 Å². The Morgan fingerprint density at radius 3 is 2.40 bits per heavy atom. The zero-order valence-corrected chi connectivity index (χ0v) is 10.7. The molecule has 0 radical (unpaired) electrons. The normalized spacial score (nSPS) is 21.4. The van der Waals surface area contributed by atoms with Crippen molar-refractivity contribution in [2.45, 2.75) is 25.4 Å². The Kier molecular flexibility index (Phi) is 2.95. The lowest BCUT2D eigenvalue weighted by molar-refractivity contribution is -0.145. The Balaban J connectivity index is 1.52. The SMILES string of the molecule is O=CN1CC2(CC(Cc3cnc(C(F)(F)F)nc3)C2)C1. The Bertz CT molecular complexity index is 501. The van der Waals surface area contributed by atoms with Crippen LogP contribution in [0.15, 0.2) is 12.4 Å². The van der Waals surface area contributed by atoms with E-state index in [-0.39, 0.29) is 5.41 Å². The second-order valence-corrected chi connectivity index (χ2v) is 5.90. The lowest BCUT2D eigenvalue weighted by atomic mass is 9.57. The van der Waals surface area contributed by atoms with E-state index in [1.54, 1.807) is 4.90 Å². The maximum absolute atomic E-state index is 12.3. The van der Waals surface area contributed by atoms with Crippen LogP contribution in [0.3, 0.4) is 0 Å². The summed E-state index contributed by atoms with van der Waals surface area (Å²) < 4.78 is 37.0. The zero-order valence-electron chi connectivity index (χ0n) is 10.7. The molecule has 7 heteroatoms. The highest BCUT2D eigenvalue weighted by molar-refractivity contribution is 5.49. The van der Waals surface area contributed by atoms with Crippen LogP contribution < -0.4 is 0 Å². The van der Waals surface area contributed by atoms with Crippen molar-refractivity contribution in [2.75, 3.05) is 13.1 Å². The molecular formula is C13H14F3N3O. The van der Waals surface area contributed by atoms with Crippen molar-refractivity contribution in [3.8, 4) is 0 Å². The maximum atomic E-state index is 12.3. The summed E-state index contributed by atoms with van der Waals surface area (Å²) in [6.45, 7) is 1.63. The van der Waals surface area contributed by atoms with Gasteiger partial charge in [-0.3, -0.25) is 4.79 Å². The van der Waals surface area contributed by atoms with E-state index in [0.717, 1.165) is 37.9 Å². The molecule has 1 aromatic rings. The molecular weight excluding hydrogens is 271 g/mol. The zero-order chi connectivity index (χ0) is 14.4. The predicted octanol–water partition coefficient (Wildman–Crippen LogP) is 1.91. The second kappa shape index (κ2) is 4.43. The van der Waals surface area contributed by atoms with Crippen molar-refractivity contribution >= 4 is 6.41 Å². The van der Waals surface area contributed by atoms with Gasteiger partial charge in [-0.15, -0.1) is 0 Å². The minimum atomic E-state index is -4.48. The fraction of sp³-hybridized carbons (Fsp3) is 0.615. The topological polar surface area (TPSA) is 46.1 Å². The first kappa shape index (κ1) is 13.3. The van der Waals surface area contributed by atoms with Crippen LogP contribution in [0.5, 0.6) is 0 Å². The van der Waals surface area contributed by atoms with Crippen molar-refractivity contribution in [1.82, 2.24) is 14.9 Å². The number of rotatable bonds is 3. The second-order valence-electron chi connectivity index (χ2n) is 5.90. The minimum Gasteiger partial charge on any atom is -0.344 e. The number of amides is 1. The number of hydrogen-bond donors (Lipinski definition) is 0. The molecule has 0 bridgehead atoms. The smallest absolute Gasteiger partial charge is 0.344 e. The van der Waals surface area contributed by atoms with Gasteiger partial charge in [-0.05, 0) is 30.7 Å². The molecule has 1 aliphatic carbocycles. The number of nitrogens with zero attached hydrogens (tertiary/aromatic N) is 3. The fourth-order valence-corrected chi connectivity index (χ4v) is 3.40. The van der Waals surface area contributed by atoms with E-state index in [2.05, 4.69) is 9.97 Å². The Morgan fingerprint density at radius 1 is 1.30 bits per heavy atom. The van der Waals surface area contributed by atoms with E-state index in [0.29, 0.717) is 12.3 Å². The molecule has 0 aromatic carbocycles. The molecule has 0 N–H and O–H groups in total. The van der Waals surface area contributed by atoms with Gasteiger partial charge in [0.05, 0.1) is 0 Å². The molecule has 3 rings (SSSR count). The van der Waals surface area contributed by atoms with Gasteiger partial charge in [0.25, 0.3) is 0 Å². The van der Waals surface area contributed by atoms with Gasteiger partial charge in [-0.1, -0.05) is 0 Å². The summed E-state index contributed by atoms with van der Waals surface area (Å²) in [7, 11) is 0. The van der Waals surface area contributed by atoms with E-state index >= 15 is 0 Å². The summed E-state index contributed by atoms with van der Waals surface area (Å²) in [4.78, 5) is 19.0. The first-order valence-electron chi connectivity index (χ1n) is 6.48. The first-order valence-corrected chi connectivity index (χ1v) is 6.48. The third-order valence-corrected chi connectivity index (χ3v) is 4.15. The Labute approximate surface area is 114 Å². The van der Waals surface area contributed by atoms with E-state index in [1.807, 2.05) is 0 Å². The van der Waals surface area contributed by atoms with Gasteiger partial charge in [0, 0.05) is 30.9 Å². The van der Waals surface area contributed by atoms with Gasteiger partial charge in [0.2, 0.25) is 12.2 Å². The largest absolute Gasteiger partial charge is 0.451 e. The van der Waals surface area contributed by atoms with Crippen LogP contribution >= 0.6 is 0 Å². The summed E-state index contributed by atoms with van der Waals surface area (Å²) in [6, 6.07) is 0. The van der Waals surface area contributed by atoms with Crippen molar-refractivity contribution < 1.29 is 18.0 Å². The molecule has 0 unspecified atom stereocenters. The van der Waals surface area contributed by atoms with Crippen molar-refractivity contribution in [3.05, 3.63) is 23.8 Å². The van der Waals surface area contributed by atoms with Gasteiger partial charge in [-0.25, -0.2) is 9.97 Å². The highest BCUT2D eigenvalue weighted by atomic mass is 19.4. The number of aromatic nitrogens is 2. The highest BCUT2D eigenvalue weighted by Crippen LogP contribution is 2.52. The number of carbonyl (C=O) groups excluding carboxylic acids is 1. The van der Waals surface area contributed by atoms with E-state index < -0.39 is 12.0 Å². The summed E-state index contributed by atoms with van der Waals surface area (Å²) in [6.07, 6.45) is 1.67. The molecule has 2 aliphatic rings. The fourth-order valence-electron chi connectivity index (χ4n) is 3.40. The van der Waals surface area contributed by atoms with Crippen LogP contribution in [0.25, 0.3) is 0 Å². The van der Waals surface area contributed by atoms with Crippen molar-refractivity contribution in [1.29, 1.82) is 0 Å². The number of carbonyl (C=O) groups is 1. The molecule has 2 heterocycles. The summed E-state index contributed by atoms with van der Waals surface area (Å²) >= 11 is 0.